The highest BCUT2D eigenvalue weighted by Gasteiger charge is 2.32. The van der Waals surface area contributed by atoms with Crippen molar-refractivity contribution < 1.29 is 17.9 Å². The first-order valence-corrected chi connectivity index (χ1v) is 12.1. The van der Waals surface area contributed by atoms with E-state index in [9.17, 15) is 13.2 Å². The molecule has 0 spiro atoms. The summed E-state index contributed by atoms with van der Waals surface area (Å²) < 4.78 is 33.1. The lowest BCUT2D eigenvalue weighted by molar-refractivity contribution is -0.0440. The molecule has 6 nitrogen and oxygen atoms in total. The summed E-state index contributed by atoms with van der Waals surface area (Å²) in [6.07, 6.45) is 2.60. The molecule has 0 bridgehead atoms. The van der Waals surface area contributed by atoms with Gasteiger partial charge in [0.15, 0.2) is 0 Å². The molecule has 0 aromatic heterocycles. The fraction of sp³-hybridized carbons (Fsp3) is 0.375. The molecule has 2 heterocycles. The van der Waals surface area contributed by atoms with Gasteiger partial charge >= 0.3 is 0 Å². The highest BCUT2D eigenvalue weighted by molar-refractivity contribution is 7.89. The maximum Gasteiger partial charge on any atom is 0.254 e. The van der Waals surface area contributed by atoms with Crippen LogP contribution in [0.15, 0.2) is 65.6 Å². The summed E-state index contributed by atoms with van der Waals surface area (Å²) in [5.74, 6) is -0.0825. The van der Waals surface area contributed by atoms with Crippen LogP contribution in [-0.4, -0.2) is 61.9 Å². The second-order valence-corrected chi connectivity index (χ2v) is 10.1. The van der Waals surface area contributed by atoms with Crippen LogP contribution in [-0.2, 0) is 14.8 Å². The third-order valence-corrected chi connectivity index (χ3v) is 7.61. The number of carbonyl (C=O) groups is 1. The van der Waals surface area contributed by atoms with E-state index < -0.39 is 10.0 Å². The molecule has 0 radical (unpaired) electrons. The largest absolute Gasteiger partial charge is 0.373 e. The molecule has 31 heavy (non-hydrogen) atoms. The molecule has 2 atom stereocenters. The molecule has 0 N–H and O–H groups in total. The molecule has 1 fully saturated rings. The Hall–Kier alpha value is -2.48. The monoisotopic (exact) mass is 440 g/mol. The molecule has 0 aliphatic carbocycles. The standard InChI is InChI=1S/C24H28N2O4S/c1-18-16-26(17-19(2)30-18)31(28,29)23-10-8-22(9-11-23)24(27)25-14-12-21(13-15-25)20-6-4-3-5-7-20/h3-12,18-19H,13-17H2,1-2H3/t18-,19-/m0/s1. The zero-order chi connectivity index (χ0) is 22.0. The lowest BCUT2D eigenvalue weighted by atomic mass is 9.99. The molecule has 0 unspecified atom stereocenters. The van der Waals surface area contributed by atoms with Crippen LogP contribution >= 0.6 is 0 Å². The van der Waals surface area contributed by atoms with E-state index in [0.29, 0.717) is 31.7 Å². The second kappa shape index (κ2) is 8.94. The van der Waals surface area contributed by atoms with Crippen LogP contribution in [0.5, 0.6) is 0 Å². The Kier molecular flexibility index (Phi) is 6.27. The van der Waals surface area contributed by atoms with Gasteiger partial charge in [0.25, 0.3) is 5.91 Å². The van der Waals surface area contributed by atoms with Crippen molar-refractivity contribution in [3.63, 3.8) is 0 Å². The fourth-order valence-corrected chi connectivity index (χ4v) is 5.79. The Morgan fingerprint density at radius 3 is 2.19 bits per heavy atom. The van der Waals surface area contributed by atoms with E-state index >= 15 is 0 Å². The molecular formula is C24H28N2O4S. The Balaban J connectivity index is 1.45. The van der Waals surface area contributed by atoms with Crippen molar-refractivity contribution in [2.75, 3.05) is 26.2 Å². The number of carbonyl (C=O) groups excluding carboxylic acids is 1. The summed E-state index contributed by atoms with van der Waals surface area (Å²) in [5, 5.41) is 0. The van der Waals surface area contributed by atoms with Crippen LogP contribution in [0.4, 0.5) is 0 Å². The SMILES string of the molecule is C[C@H]1CN(S(=O)(=O)c2ccc(C(=O)N3CC=C(c4ccccc4)CC3)cc2)C[C@H](C)O1. The van der Waals surface area contributed by atoms with E-state index in [1.165, 1.54) is 27.6 Å². The maximum absolute atomic E-state index is 13.0. The number of benzene rings is 2. The number of nitrogens with zero attached hydrogens (tertiary/aromatic N) is 2. The van der Waals surface area contributed by atoms with Gasteiger partial charge in [0.1, 0.15) is 0 Å². The van der Waals surface area contributed by atoms with Gasteiger partial charge in [-0.15, -0.1) is 0 Å². The highest BCUT2D eigenvalue weighted by Crippen LogP contribution is 2.24. The molecule has 2 aliphatic heterocycles. The van der Waals surface area contributed by atoms with Gasteiger partial charge in [-0.1, -0.05) is 36.4 Å². The van der Waals surface area contributed by atoms with Crippen LogP contribution in [0.2, 0.25) is 0 Å². The van der Waals surface area contributed by atoms with Crippen molar-refractivity contribution in [1.82, 2.24) is 9.21 Å². The number of rotatable bonds is 4. The predicted molar refractivity (Wildman–Crippen MR) is 120 cm³/mol. The minimum atomic E-state index is -3.61. The number of ether oxygens (including phenoxy) is 1. The van der Waals surface area contributed by atoms with Crippen LogP contribution in [0.1, 0.15) is 36.2 Å². The number of hydrogen-bond donors (Lipinski definition) is 0. The Morgan fingerprint density at radius 1 is 0.968 bits per heavy atom. The quantitative estimate of drug-likeness (QED) is 0.731. The van der Waals surface area contributed by atoms with Crippen molar-refractivity contribution >= 4 is 21.5 Å². The molecule has 0 saturated carbocycles. The van der Waals surface area contributed by atoms with Gasteiger partial charge in [0, 0.05) is 31.7 Å². The average Bonchev–Trinajstić information content (AvgIpc) is 2.79. The van der Waals surface area contributed by atoms with Gasteiger partial charge in [0.2, 0.25) is 10.0 Å². The highest BCUT2D eigenvalue weighted by atomic mass is 32.2. The molecule has 2 aromatic carbocycles. The maximum atomic E-state index is 13.0. The van der Waals surface area contributed by atoms with E-state index in [2.05, 4.69) is 18.2 Å². The Morgan fingerprint density at radius 2 is 1.61 bits per heavy atom. The molecule has 2 aliphatic rings. The fourth-order valence-electron chi connectivity index (χ4n) is 4.20. The third kappa shape index (κ3) is 4.74. The summed E-state index contributed by atoms with van der Waals surface area (Å²) >= 11 is 0. The number of hydrogen-bond acceptors (Lipinski definition) is 4. The molecule has 2 aromatic rings. The van der Waals surface area contributed by atoms with Crippen molar-refractivity contribution in [3.8, 4) is 0 Å². The van der Waals surface area contributed by atoms with E-state index in [-0.39, 0.29) is 23.0 Å². The van der Waals surface area contributed by atoms with Crippen LogP contribution < -0.4 is 0 Å². The lowest BCUT2D eigenvalue weighted by Gasteiger charge is -2.34. The van der Waals surface area contributed by atoms with E-state index in [4.69, 9.17) is 4.74 Å². The molecular weight excluding hydrogens is 412 g/mol. The number of morpholine rings is 1. The second-order valence-electron chi connectivity index (χ2n) is 8.20. The van der Waals surface area contributed by atoms with E-state index in [0.717, 1.165) is 6.42 Å². The van der Waals surface area contributed by atoms with Crippen LogP contribution in [0.25, 0.3) is 5.57 Å². The lowest BCUT2D eigenvalue weighted by Crippen LogP contribution is -2.48. The average molecular weight is 441 g/mol. The summed E-state index contributed by atoms with van der Waals surface area (Å²) in [6, 6.07) is 16.5. The van der Waals surface area contributed by atoms with Gasteiger partial charge < -0.3 is 9.64 Å². The minimum Gasteiger partial charge on any atom is -0.373 e. The van der Waals surface area contributed by atoms with Crippen molar-refractivity contribution in [2.24, 2.45) is 0 Å². The predicted octanol–water partition coefficient (Wildman–Crippen LogP) is 3.41. The van der Waals surface area contributed by atoms with Crippen molar-refractivity contribution in [1.29, 1.82) is 0 Å². The summed E-state index contributed by atoms with van der Waals surface area (Å²) in [6.45, 7) is 5.59. The summed E-state index contributed by atoms with van der Waals surface area (Å²) in [7, 11) is -3.61. The summed E-state index contributed by atoms with van der Waals surface area (Å²) in [4.78, 5) is 14.9. The molecule has 1 amide bonds. The molecule has 4 rings (SSSR count). The van der Waals surface area contributed by atoms with E-state index in [1.54, 1.807) is 17.0 Å². The van der Waals surface area contributed by atoms with Gasteiger partial charge in [-0.2, -0.15) is 4.31 Å². The van der Waals surface area contributed by atoms with Gasteiger partial charge in [-0.05, 0) is 55.7 Å². The van der Waals surface area contributed by atoms with Crippen LogP contribution in [0.3, 0.4) is 0 Å². The van der Waals surface area contributed by atoms with Crippen molar-refractivity contribution in [3.05, 3.63) is 71.8 Å². The zero-order valence-corrected chi connectivity index (χ0v) is 18.7. The van der Waals surface area contributed by atoms with E-state index in [1.807, 2.05) is 32.0 Å². The molecule has 1 saturated heterocycles. The smallest absolute Gasteiger partial charge is 0.254 e. The summed E-state index contributed by atoms with van der Waals surface area (Å²) in [5.41, 5.74) is 2.94. The first-order chi connectivity index (χ1) is 14.8. The zero-order valence-electron chi connectivity index (χ0n) is 17.9. The Labute approximate surface area is 184 Å². The van der Waals surface area contributed by atoms with Gasteiger partial charge in [-0.25, -0.2) is 8.42 Å². The first kappa shape index (κ1) is 21.7. The van der Waals surface area contributed by atoms with Crippen molar-refractivity contribution in [2.45, 2.75) is 37.4 Å². The Bertz CT molecular complexity index is 1050. The number of sulfonamides is 1. The van der Waals surface area contributed by atoms with Crippen LogP contribution in [0, 0.1) is 0 Å². The van der Waals surface area contributed by atoms with Gasteiger partial charge in [0.05, 0.1) is 17.1 Å². The first-order valence-electron chi connectivity index (χ1n) is 10.6. The third-order valence-electron chi connectivity index (χ3n) is 5.77. The topological polar surface area (TPSA) is 66.9 Å². The van der Waals surface area contributed by atoms with Gasteiger partial charge in [-0.3, -0.25) is 4.79 Å². The molecule has 7 heteroatoms. The minimum absolute atomic E-state index is 0.0825. The molecule has 164 valence electrons. The normalized spacial score (nSPS) is 22.8. The number of amides is 1.